The Balaban J connectivity index is 1.76. The van der Waals surface area contributed by atoms with Crippen LogP contribution in [0.4, 0.5) is 0 Å². The van der Waals surface area contributed by atoms with Crippen LogP contribution in [0.5, 0.6) is 0 Å². The van der Waals surface area contributed by atoms with Crippen molar-refractivity contribution in [3.8, 4) is 11.1 Å². The molecule has 4 rings (SSSR count). The predicted molar refractivity (Wildman–Crippen MR) is 121 cm³/mol. The second-order valence-electron chi connectivity index (χ2n) is 8.13. The molecule has 0 fully saturated rings. The quantitative estimate of drug-likeness (QED) is 0.453. The van der Waals surface area contributed by atoms with Gasteiger partial charge in [-0.25, -0.2) is 0 Å². The van der Waals surface area contributed by atoms with Crippen LogP contribution in [0.2, 0.25) is 0 Å². The molecule has 0 aliphatic heterocycles. The number of hydrogen-bond donors (Lipinski definition) is 1. The van der Waals surface area contributed by atoms with Crippen LogP contribution >= 0.6 is 0 Å². The van der Waals surface area contributed by atoms with Gasteiger partial charge in [0.1, 0.15) is 0 Å². The average Bonchev–Trinajstić information content (AvgIpc) is 2.78. The van der Waals surface area contributed by atoms with Crippen molar-refractivity contribution in [1.82, 2.24) is 9.97 Å². The Bertz CT molecular complexity index is 1060. The highest BCUT2D eigenvalue weighted by atomic mass is 16.3. The van der Waals surface area contributed by atoms with Crippen LogP contribution in [-0.4, -0.2) is 15.1 Å². The van der Waals surface area contributed by atoms with E-state index in [1.807, 2.05) is 50.5 Å². The molecular weight excluding hydrogens is 368 g/mol. The predicted octanol–water partition coefficient (Wildman–Crippen LogP) is 5.75. The third-order valence-corrected chi connectivity index (χ3v) is 5.49. The number of nitrogens with zero attached hydrogens (tertiary/aromatic N) is 2. The largest absolute Gasteiger partial charge is 0.386 e. The van der Waals surface area contributed by atoms with Crippen LogP contribution in [0.3, 0.4) is 0 Å². The molecule has 0 unspecified atom stereocenters. The molecule has 0 aliphatic carbocycles. The van der Waals surface area contributed by atoms with Crippen LogP contribution in [-0.2, 0) is 12.0 Å². The maximum absolute atomic E-state index is 10.5. The summed E-state index contributed by atoms with van der Waals surface area (Å²) in [5.41, 5.74) is 5.92. The first-order valence-electron chi connectivity index (χ1n) is 10.2. The fourth-order valence-electron chi connectivity index (χ4n) is 3.86. The van der Waals surface area contributed by atoms with Crippen molar-refractivity contribution in [3.05, 3.63) is 120 Å². The lowest BCUT2D eigenvalue weighted by molar-refractivity contribution is 0.0786. The zero-order chi connectivity index (χ0) is 21.0. The molecule has 2 heterocycles. The third-order valence-electron chi connectivity index (χ3n) is 5.49. The van der Waals surface area contributed by atoms with E-state index in [4.69, 9.17) is 0 Å². The van der Waals surface area contributed by atoms with Crippen LogP contribution in [0.15, 0.2) is 97.6 Å². The second-order valence-corrected chi connectivity index (χ2v) is 8.13. The van der Waals surface area contributed by atoms with Crippen LogP contribution in [0.25, 0.3) is 11.1 Å². The molecule has 3 heteroatoms. The van der Waals surface area contributed by atoms with Crippen molar-refractivity contribution < 1.29 is 5.11 Å². The zero-order valence-corrected chi connectivity index (χ0v) is 17.4. The van der Waals surface area contributed by atoms with Gasteiger partial charge in [0, 0.05) is 30.7 Å². The molecule has 0 atom stereocenters. The summed E-state index contributed by atoms with van der Waals surface area (Å²) in [6, 6.07) is 24.9. The Morgan fingerprint density at radius 1 is 0.800 bits per heavy atom. The number of aliphatic hydroxyl groups is 1. The van der Waals surface area contributed by atoms with Gasteiger partial charge in [-0.15, -0.1) is 0 Å². The summed E-state index contributed by atoms with van der Waals surface area (Å²) in [6.45, 7) is 3.64. The van der Waals surface area contributed by atoms with Gasteiger partial charge in [0.2, 0.25) is 0 Å². The van der Waals surface area contributed by atoms with Gasteiger partial charge in [-0.2, -0.15) is 0 Å². The summed E-state index contributed by atoms with van der Waals surface area (Å²) in [7, 11) is 0. The number of aromatic nitrogens is 2. The average molecular weight is 395 g/mol. The highest BCUT2D eigenvalue weighted by molar-refractivity contribution is 5.68. The standard InChI is InChI=1S/C27H26N2O/c1-27(2,30)24-12-5-9-20(16-24)25-13-4-3-8-21(25)17-26(22-10-6-14-28-18-22)23-11-7-15-29-19-23/h3-16,18-19,26,30H,17H2,1-2H3. The molecule has 30 heavy (non-hydrogen) atoms. The Labute approximate surface area is 178 Å². The zero-order valence-electron chi connectivity index (χ0n) is 17.4. The van der Waals surface area contributed by atoms with Gasteiger partial charge in [0.05, 0.1) is 5.60 Å². The Morgan fingerprint density at radius 3 is 2.07 bits per heavy atom. The summed E-state index contributed by atoms with van der Waals surface area (Å²) in [5, 5.41) is 10.5. The molecule has 3 nitrogen and oxygen atoms in total. The van der Waals surface area contributed by atoms with Crippen LogP contribution in [0, 0.1) is 0 Å². The van der Waals surface area contributed by atoms with E-state index in [1.165, 1.54) is 22.3 Å². The highest BCUT2D eigenvalue weighted by Gasteiger charge is 2.19. The molecule has 0 spiro atoms. The lowest BCUT2D eigenvalue weighted by Crippen LogP contribution is -2.15. The van der Waals surface area contributed by atoms with Gasteiger partial charge < -0.3 is 5.11 Å². The number of pyridine rings is 2. The van der Waals surface area contributed by atoms with Crippen molar-refractivity contribution >= 4 is 0 Å². The minimum Gasteiger partial charge on any atom is -0.386 e. The van der Waals surface area contributed by atoms with Crippen molar-refractivity contribution in [1.29, 1.82) is 0 Å². The maximum atomic E-state index is 10.5. The van der Waals surface area contributed by atoms with Crippen molar-refractivity contribution in [2.45, 2.75) is 31.8 Å². The molecule has 0 saturated carbocycles. The normalized spacial score (nSPS) is 11.6. The number of hydrogen-bond acceptors (Lipinski definition) is 3. The summed E-state index contributed by atoms with van der Waals surface area (Å²) in [5.74, 6) is 0.158. The van der Waals surface area contributed by atoms with Gasteiger partial charge in [0.15, 0.2) is 0 Å². The maximum Gasteiger partial charge on any atom is 0.0840 e. The molecule has 0 radical (unpaired) electrons. The Morgan fingerprint density at radius 2 is 1.47 bits per heavy atom. The van der Waals surface area contributed by atoms with Crippen LogP contribution in [0.1, 0.15) is 42.0 Å². The molecule has 0 aliphatic rings. The fraction of sp³-hybridized carbons (Fsp3) is 0.185. The molecule has 2 aromatic carbocycles. The topological polar surface area (TPSA) is 46.0 Å². The molecule has 150 valence electrons. The molecule has 1 N–H and O–H groups in total. The van der Waals surface area contributed by atoms with Gasteiger partial charge in [-0.1, -0.05) is 54.6 Å². The first-order valence-corrected chi connectivity index (χ1v) is 10.2. The Hall–Kier alpha value is -3.30. The number of rotatable bonds is 6. The lowest BCUT2D eigenvalue weighted by Gasteiger charge is -2.21. The smallest absolute Gasteiger partial charge is 0.0840 e. The van der Waals surface area contributed by atoms with E-state index in [1.54, 1.807) is 12.4 Å². The molecule has 0 bridgehead atoms. The second kappa shape index (κ2) is 8.60. The molecule has 2 aromatic heterocycles. The SMILES string of the molecule is CC(C)(O)c1cccc(-c2ccccc2CC(c2cccnc2)c2cccnc2)c1. The van der Waals surface area contributed by atoms with E-state index in [0.717, 1.165) is 17.5 Å². The van der Waals surface area contributed by atoms with Crippen LogP contribution < -0.4 is 0 Å². The van der Waals surface area contributed by atoms with Gasteiger partial charge in [-0.3, -0.25) is 9.97 Å². The van der Waals surface area contributed by atoms with E-state index < -0.39 is 5.60 Å². The molecule has 0 saturated heterocycles. The first kappa shape index (κ1) is 20.0. The lowest BCUT2D eigenvalue weighted by atomic mass is 9.84. The summed E-state index contributed by atoms with van der Waals surface area (Å²) < 4.78 is 0. The van der Waals surface area contributed by atoms with E-state index in [-0.39, 0.29) is 5.92 Å². The minimum atomic E-state index is -0.876. The van der Waals surface area contributed by atoms with Gasteiger partial charge in [0.25, 0.3) is 0 Å². The molecule has 0 amide bonds. The van der Waals surface area contributed by atoms with E-state index in [9.17, 15) is 5.11 Å². The van der Waals surface area contributed by atoms with Gasteiger partial charge >= 0.3 is 0 Å². The first-order chi connectivity index (χ1) is 14.5. The fourth-order valence-corrected chi connectivity index (χ4v) is 3.86. The minimum absolute atomic E-state index is 0.158. The van der Waals surface area contributed by atoms with Crippen molar-refractivity contribution in [2.24, 2.45) is 0 Å². The van der Waals surface area contributed by atoms with Crippen molar-refractivity contribution in [2.75, 3.05) is 0 Å². The summed E-state index contributed by atoms with van der Waals surface area (Å²) in [6.07, 6.45) is 8.32. The van der Waals surface area contributed by atoms with E-state index >= 15 is 0 Å². The Kier molecular flexibility index (Phi) is 5.73. The third kappa shape index (κ3) is 4.47. The van der Waals surface area contributed by atoms with Gasteiger partial charge in [-0.05, 0) is 71.8 Å². The van der Waals surface area contributed by atoms with E-state index in [2.05, 4.69) is 58.5 Å². The summed E-state index contributed by atoms with van der Waals surface area (Å²) >= 11 is 0. The molecule has 4 aromatic rings. The summed E-state index contributed by atoms with van der Waals surface area (Å²) in [4.78, 5) is 8.69. The monoisotopic (exact) mass is 394 g/mol. The van der Waals surface area contributed by atoms with E-state index in [0.29, 0.717) is 0 Å². The number of benzene rings is 2. The van der Waals surface area contributed by atoms with Crippen molar-refractivity contribution in [3.63, 3.8) is 0 Å². The molecular formula is C27H26N2O. The highest BCUT2D eigenvalue weighted by Crippen LogP contribution is 2.33.